The molecule has 1 aliphatic rings. The predicted molar refractivity (Wildman–Crippen MR) is 72.4 cm³/mol. The number of nitrogens with one attached hydrogen (secondary N) is 1. The first-order valence-corrected chi connectivity index (χ1v) is 7.80. The summed E-state index contributed by atoms with van der Waals surface area (Å²) in [5.74, 6) is 0. The summed E-state index contributed by atoms with van der Waals surface area (Å²) in [6.07, 6.45) is 2.73. The molecular weight excluding hydrogens is 295 g/mol. The quantitative estimate of drug-likeness (QED) is 0.895. The van der Waals surface area contributed by atoms with Gasteiger partial charge in [0.1, 0.15) is 0 Å². The van der Waals surface area contributed by atoms with Gasteiger partial charge in [-0.2, -0.15) is 0 Å². The van der Waals surface area contributed by atoms with Gasteiger partial charge < -0.3 is 5.73 Å². The average Bonchev–Trinajstić information content (AvgIpc) is 2.27. The summed E-state index contributed by atoms with van der Waals surface area (Å²) < 4.78 is 26.5. The topological polar surface area (TPSA) is 72.2 Å². The lowest BCUT2D eigenvalue weighted by Gasteiger charge is -2.38. The van der Waals surface area contributed by atoms with Crippen molar-refractivity contribution in [3.05, 3.63) is 28.2 Å². The van der Waals surface area contributed by atoms with E-state index in [1.54, 1.807) is 0 Å². The van der Waals surface area contributed by atoms with Crippen LogP contribution in [0, 0.1) is 0 Å². The molecular formula is C11H14Cl2N2O2S. The van der Waals surface area contributed by atoms with E-state index in [9.17, 15) is 8.42 Å². The Labute approximate surface area is 117 Å². The summed E-state index contributed by atoms with van der Waals surface area (Å²) in [7, 11) is -3.58. The molecule has 1 saturated carbocycles. The van der Waals surface area contributed by atoms with Gasteiger partial charge >= 0.3 is 0 Å². The fraction of sp³-hybridized carbons (Fsp3) is 0.455. The van der Waals surface area contributed by atoms with Crippen molar-refractivity contribution in [3.8, 4) is 0 Å². The Morgan fingerprint density at radius 3 is 2.44 bits per heavy atom. The van der Waals surface area contributed by atoms with Crippen LogP contribution in [0.25, 0.3) is 0 Å². The average molecular weight is 309 g/mol. The van der Waals surface area contributed by atoms with Gasteiger partial charge in [0.05, 0.1) is 14.9 Å². The normalized spacial score (nSPS) is 18.4. The second kappa shape index (κ2) is 4.98. The highest BCUT2D eigenvalue weighted by atomic mass is 35.5. The third-order valence-electron chi connectivity index (χ3n) is 3.16. The molecule has 7 heteroatoms. The van der Waals surface area contributed by atoms with Crippen LogP contribution in [0.15, 0.2) is 23.1 Å². The molecule has 0 atom stereocenters. The minimum absolute atomic E-state index is 0.0971. The summed E-state index contributed by atoms with van der Waals surface area (Å²) >= 11 is 11.5. The maximum absolute atomic E-state index is 12.0. The van der Waals surface area contributed by atoms with Crippen molar-refractivity contribution in [2.45, 2.75) is 29.7 Å². The van der Waals surface area contributed by atoms with Gasteiger partial charge in [0.15, 0.2) is 0 Å². The minimum atomic E-state index is -3.58. The fourth-order valence-corrected chi connectivity index (χ4v) is 3.30. The first-order chi connectivity index (χ1) is 8.32. The second-order valence-corrected chi connectivity index (χ2v) is 7.20. The van der Waals surface area contributed by atoms with Gasteiger partial charge in [0.2, 0.25) is 10.0 Å². The Morgan fingerprint density at radius 2 is 1.94 bits per heavy atom. The van der Waals surface area contributed by atoms with Gasteiger partial charge in [-0.15, -0.1) is 0 Å². The number of rotatable bonds is 4. The van der Waals surface area contributed by atoms with Crippen molar-refractivity contribution < 1.29 is 8.42 Å². The molecule has 0 aliphatic heterocycles. The first-order valence-electron chi connectivity index (χ1n) is 5.56. The highest BCUT2D eigenvalue weighted by Gasteiger charge is 2.33. The molecule has 1 aromatic carbocycles. The molecule has 18 heavy (non-hydrogen) atoms. The van der Waals surface area contributed by atoms with Crippen molar-refractivity contribution in [1.82, 2.24) is 4.72 Å². The fourth-order valence-electron chi connectivity index (χ4n) is 1.77. The van der Waals surface area contributed by atoms with Crippen LogP contribution in [0.4, 0.5) is 0 Å². The van der Waals surface area contributed by atoms with Crippen LogP contribution in [0.3, 0.4) is 0 Å². The van der Waals surface area contributed by atoms with Gasteiger partial charge in [0.25, 0.3) is 0 Å². The SMILES string of the molecule is NC1(CNS(=O)(=O)c2ccc(Cl)c(Cl)c2)CCC1. The molecule has 0 unspecified atom stereocenters. The lowest BCUT2D eigenvalue weighted by atomic mass is 9.78. The van der Waals surface area contributed by atoms with E-state index in [0.717, 1.165) is 19.3 Å². The van der Waals surface area contributed by atoms with E-state index < -0.39 is 15.6 Å². The Bertz CT molecular complexity index is 556. The molecule has 0 spiro atoms. The molecule has 0 saturated heterocycles. The number of benzene rings is 1. The molecule has 4 nitrogen and oxygen atoms in total. The van der Waals surface area contributed by atoms with Crippen LogP contribution < -0.4 is 10.5 Å². The molecule has 0 heterocycles. The highest BCUT2D eigenvalue weighted by Crippen LogP contribution is 2.29. The van der Waals surface area contributed by atoms with Crippen LogP contribution in [0.1, 0.15) is 19.3 Å². The van der Waals surface area contributed by atoms with Crippen molar-refractivity contribution >= 4 is 33.2 Å². The Kier molecular flexibility index (Phi) is 3.90. The monoisotopic (exact) mass is 308 g/mol. The zero-order valence-electron chi connectivity index (χ0n) is 9.62. The van der Waals surface area contributed by atoms with E-state index in [4.69, 9.17) is 28.9 Å². The van der Waals surface area contributed by atoms with Crippen molar-refractivity contribution in [2.24, 2.45) is 5.73 Å². The number of halogens is 2. The molecule has 2 rings (SSSR count). The second-order valence-electron chi connectivity index (χ2n) is 4.62. The summed E-state index contributed by atoms with van der Waals surface area (Å²) in [6.45, 7) is 0.246. The van der Waals surface area contributed by atoms with Crippen molar-refractivity contribution in [1.29, 1.82) is 0 Å². The van der Waals surface area contributed by atoms with Crippen LogP contribution in [-0.4, -0.2) is 20.5 Å². The van der Waals surface area contributed by atoms with Crippen LogP contribution in [0.2, 0.25) is 10.0 Å². The van der Waals surface area contributed by atoms with E-state index >= 15 is 0 Å². The number of hydrogen-bond acceptors (Lipinski definition) is 3. The smallest absolute Gasteiger partial charge is 0.240 e. The molecule has 3 N–H and O–H groups in total. The van der Waals surface area contributed by atoms with Crippen LogP contribution in [-0.2, 0) is 10.0 Å². The lowest BCUT2D eigenvalue weighted by Crippen LogP contribution is -2.54. The molecule has 0 amide bonds. The minimum Gasteiger partial charge on any atom is -0.324 e. The number of nitrogens with two attached hydrogens (primary N) is 1. The number of sulfonamides is 1. The van der Waals surface area contributed by atoms with Gasteiger partial charge in [0, 0.05) is 12.1 Å². The van der Waals surface area contributed by atoms with E-state index in [1.165, 1.54) is 18.2 Å². The van der Waals surface area contributed by atoms with Crippen molar-refractivity contribution in [2.75, 3.05) is 6.54 Å². The van der Waals surface area contributed by atoms with Crippen LogP contribution in [0.5, 0.6) is 0 Å². The number of hydrogen-bond donors (Lipinski definition) is 2. The Hall–Kier alpha value is -0.330. The third-order valence-corrected chi connectivity index (χ3v) is 5.30. The Balaban J connectivity index is 2.12. The van der Waals surface area contributed by atoms with E-state index in [2.05, 4.69) is 4.72 Å². The standard InChI is InChI=1S/C11H14Cl2N2O2S/c12-9-3-2-8(6-10(9)13)18(16,17)15-7-11(14)4-1-5-11/h2-3,6,15H,1,4-5,7,14H2. The van der Waals surface area contributed by atoms with Gasteiger partial charge in [-0.25, -0.2) is 13.1 Å². The summed E-state index contributed by atoms with van der Waals surface area (Å²) in [6, 6.07) is 4.21. The summed E-state index contributed by atoms with van der Waals surface area (Å²) in [5, 5.41) is 0.538. The zero-order chi connectivity index (χ0) is 13.4. The molecule has 1 aliphatic carbocycles. The molecule has 0 bridgehead atoms. The van der Waals surface area contributed by atoms with E-state index in [0.29, 0.717) is 5.02 Å². The molecule has 100 valence electrons. The van der Waals surface area contributed by atoms with Crippen molar-refractivity contribution in [3.63, 3.8) is 0 Å². The summed E-state index contributed by atoms with van der Waals surface area (Å²) in [4.78, 5) is 0.0971. The lowest BCUT2D eigenvalue weighted by molar-refractivity contribution is 0.251. The van der Waals surface area contributed by atoms with Gasteiger partial charge in [-0.1, -0.05) is 23.2 Å². The maximum atomic E-state index is 12.0. The van der Waals surface area contributed by atoms with Crippen LogP contribution >= 0.6 is 23.2 Å². The van der Waals surface area contributed by atoms with Gasteiger partial charge in [-0.3, -0.25) is 0 Å². The zero-order valence-corrected chi connectivity index (χ0v) is 11.9. The summed E-state index contributed by atoms with van der Waals surface area (Å²) in [5.41, 5.74) is 5.57. The molecule has 0 radical (unpaired) electrons. The Morgan fingerprint density at radius 1 is 1.28 bits per heavy atom. The molecule has 0 aromatic heterocycles. The van der Waals surface area contributed by atoms with Gasteiger partial charge in [-0.05, 0) is 37.5 Å². The first kappa shape index (κ1) is 14.1. The molecule has 1 fully saturated rings. The predicted octanol–water partition coefficient (Wildman–Crippen LogP) is 2.15. The maximum Gasteiger partial charge on any atom is 0.240 e. The molecule has 1 aromatic rings. The van der Waals surface area contributed by atoms with E-state index in [-0.39, 0.29) is 16.5 Å². The highest BCUT2D eigenvalue weighted by molar-refractivity contribution is 7.89. The third kappa shape index (κ3) is 2.97. The van der Waals surface area contributed by atoms with E-state index in [1.807, 2.05) is 0 Å². The largest absolute Gasteiger partial charge is 0.324 e.